The van der Waals surface area contributed by atoms with Crippen LogP contribution < -0.4 is 11.1 Å². The van der Waals surface area contributed by atoms with Gasteiger partial charge in [0, 0.05) is 18.6 Å². The lowest BCUT2D eigenvalue weighted by atomic mass is 9.69. The van der Waals surface area contributed by atoms with Crippen molar-refractivity contribution in [3.8, 4) is 0 Å². The molecule has 0 aliphatic carbocycles. The van der Waals surface area contributed by atoms with Crippen LogP contribution in [-0.4, -0.2) is 97.5 Å². The number of nitrogens with one attached hydrogen (secondary N) is 1. The van der Waals surface area contributed by atoms with Crippen molar-refractivity contribution in [1.29, 1.82) is 0 Å². The van der Waals surface area contributed by atoms with Crippen molar-refractivity contribution in [3.63, 3.8) is 0 Å². The van der Waals surface area contributed by atoms with Crippen LogP contribution in [0.4, 0.5) is 0 Å². The Bertz CT molecular complexity index is 591. The second-order valence-electron chi connectivity index (χ2n) is 6.43. The van der Waals surface area contributed by atoms with Gasteiger partial charge in [-0.2, -0.15) is 0 Å². The highest BCUT2D eigenvalue weighted by Crippen LogP contribution is 2.38. The largest absolute Gasteiger partial charge is 0.481 e. The zero-order valence-corrected chi connectivity index (χ0v) is 15.3. The van der Waals surface area contributed by atoms with E-state index < -0.39 is 73.3 Å². The second-order valence-corrected chi connectivity index (χ2v) is 6.43. The summed E-state index contributed by atoms with van der Waals surface area (Å²) < 4.78 is 0. The molecule has 0 aromatic heterocycles. The Labute approximate surface area is 159 Å². The predicted molar refractivity (Wildman–Crippen MR) is 91.8 cm³/mol. The summed E-state index contributed by atoms with van der Waals surface area (Å²) in [5, 5.41) is 49.1. The number of nitrogens with two attached hydrogens (primary N) is 1. The summed E-state index contributed by atoms with van der Waals surface area (Å²) in [6.45, 7) is -0.917. The molecule has 160 valence electrons. The molecule has 0 spiro atoms. The van der Waals surface area contributed by atoms with Crippen LogP contribution >= 0.6 is 0 Å². The predicted octanol–water partition coefficient (Wildman–Crippen LogP) is -2.07. The minimum atomic E-state index is -2.21. The first-order valence-corrected chi connectivity index (χ1v) is 8.08. The molecule has 0 amide bonds. The quantitative estimate of drug-likeness (QED) is 0.155. The molecule has 28 heavy (non-hydrogen) atoms. The molecule has 0 radical (unpaired) electrons. The molecular weight excluding hydrogens is 382 g/mol. The van der Waals surface area contributed by atoms with E-state index in [2.05, 4.69) is 5.32 Å². The van der Waals surface area contributed by atoms with E-state index in [0.717, 1.165) is 0 Å². The van der Waals surface area contributed by atoms with Gasteiger partial charge in [0.1, 0.15) is 0 Å². The van der Waals surface area contributed by atoms with Crippen LogP contribution in [0.1, 0.15) is 26.2 Å². The van der Waals surface area contributed by atoms with Gasteiger partial charge in [0.25, 0.3) is 0 Å². The van der Waals surface area contributed by atoms with Crippen LogP contribution in [0.5, 0.6) is 0 Å². The van der Waals surface area contributed by atoms with Crippen LogP contribution in [0.15, 0.2) is 0 Å². The fraction of sp³-hybridized carbons (Fsp3) is 0.667. The van der Waals surface area contributed by atoms with Gasteiger partial charge in [0.2, 0.25) is 0 Å². The minimum Gasteiger partial charge on any atom is -0.481 e. The van der Waals surface area contributed by atoms with Gasteiger partial charge >= 0.3 is 29.8 Å². The summed E-state index contributed by atoms with van der Waals surface area (Å²) in [6.07, 6.45) is -2.87. The van der Waals surface area contributed by atoms with Crippen LogP contribution in [0.3, 0.4) is 0 Å². The molecule has 1 unspecified atom stereocenters. The summed E-state index contributed by atoms with van der Waals surface area (Å²) in [6, 6.07) is 0. The SMILES string of the molecule is CC(CC(=O)O)(NCCN)C(CC(=O)O)(CC(=O)O)N(CC(=O)O)CC(=O)O. The lowest BCUT2D eigenvalue weighted by molar-refractivity contribution is -0.161. The summed E-state index contributed by atoms with van der Waals surface area (Å²) >= 11 is 0. The topological polar surface area (TPSA) is 228 Å². The number of nitrogens with zero attached hydrogens (tertiary/aromatic N) is 1. The van der Waals surface area contributed by atoms with E-state index in [1.165, 1.54) is 6.92 Å². The van der Waals surface area contributed by atoms with E-state index >= 15 is 0 Å². The zero-order valence-electron chi connectivity index (χ0n) is 15.3. The molecule has 0 aromatic rings. The van der Waals surface area contributed by atoms with E-state index in [4.69, 9.17) is 15.9 Å². The Morgan fingerprint density at radius 1 is 0.786 bits per heavy atom. The van der Waals surface area contributed by atoms with Crippen LogP contribution in [0.2, 0.25) is 0 Å². The lowest BCUT2D eigenvalue weighted by Gasteiger charge is -2.53. The van der Waals surface area contributed by atoms with Gasteiger partial charge in [0.05, 0.1) is 37.9 Å². The molecule has 13 nitrogen and oxygen atoms in total. The molecule has 0 saturated carbocycles. The Hall–Kier alpha value is -2.77. The highest BCUT2D eigenvalue weighted by molar-refractivity contribution is 5.78. The van der Waals surface area contributed by atoms with Crippen LogP contribution in [0, 0.1) is 0 Å². The first kappa shape index (κ1) is 25.2. The number of carbonyl (C=O) groups is 5. The van der Waals surface area contributed by atoms with Crippen molar-refractivity contribution in [2.75, 3.05) is 26.2 Å². The molecule has 0 saturated heterocycles. The molecular formula is C15H25N3O10. The average molecular weight is 407 g/mol. The maximum absolute atomic E-state index is 11.6. The molecule has 8 N–H and O–H groups in total. The first-order valence-electron chi connectivity index (χ1n) is 8.08. The van der Waals surface area contributed by atoms with E-state index in [1.807, 2.05) is 0 Å². The number of aliphatic carboxylic acids is 5. The van der Waals surface area contributed by atoms with Crippen molar-refractivity contribution in [1.82, 2.24) is 10.2 Å². The number of carboxylic acids is 5. The van der Waals surface area contributed by atoms with Crippen LogP contribution in [0.25, 0.3) is 0 Å². The van der Waals surface area contributed by atoms with Crippen molar-refractivity contribution < 1.29 is 49.5 Å². The van der Waals surface area contributed by atoms with Crippen molar-refractivity contribution in [3.05, 3.63) is 0 Å². The monoisotopic (exact) mass is 407 g/mol. The van der Waals surface area contributed by atoms with Crippen molar-refractivity contribution in [2.45, 2.75) is 37.3 Å². The third kappa shape index (κ3) is 7.09. The number of rotatable bonds is 15. The Morgan fingerprint density at radius 3 is 1.46 bits per heavy atom. The van der Waals surface area contributed by atoms with Crippen LogP contribution in [-0.2, 0) is 24.0 Å². The Morgan fingerprint density at radius 2 is 1.18 bits per heavy atom. The molecule has 0 bridgehead atoms. The number of hydrogen-bond acceptors (Lipinski definition) is 8. The van der Waals surface area contributed by atoms with Gasteiger partial charge in [-0.15, -0.1) is 0 Å². The van der Waals surface area contributed by atoms with Crippen molar-refractivity contribution in [2.24, 2.45) is 5.73 Å². The molecule has 0 rings (SSSR count). The van der Waals surface area contributed by atoms with Gasteiger partial charge in [-0.1, -0.05) is 0 Å². The van der Waals surface area contributed by atoms with E-state index in [9.17, 15) is 39.3 Å². The molecule has 0 heterocycles. The molecule has 13 heteroatoms. The van der Waals surface area contributed by atoms with Gasteiger partial charge in [-0.3, -0.25) is 28.9 Å². The minimum absolute atomic E-state index is 0.0245. The van der Waals surface area contributed by atoms with E-state index in [0.29, 0.717) is 4.90 Å². The maximum atomic E-state index is 11.6. The lowest BCUT2D eigenvalue weighted by Crippen LogP contribution is -2.72. The molecule has 0 aliphatic heterocycles. The fourth-order valence-corrected chi connectivity index (χ4v) is 3.25. The summed E-state index contributed by atoms with van der Waals surface area (Å²) in [5.74, 6) is -7.64. The molecule has 0 aromatic carbocycles. The van der Waals surface area contributed by atoms with Gasteiger partial charge in [-0.25, -0.2) is 0 Å². The fourth-order valence-electron chi connectivity index (χ4n) is 3.25. The highest BCUT2D eigenvalue weighted by Gasteiger charge is 2.56. The Balaban J connectivity index is 6.79. The average Bonchev–Trinajstić information content (AvgIpc) is 2.48. The van der Waals surface area contributed by atoms with Crippen molar-refractivity contribution >= 4 is 29.8 Å². The maximum Gasteiger partial charge on any atom is 0.317 e. The standard InChI is InChI=1S/C15H25N3O10/c1-14(4-9(19)20,17-3-2-16)15(5-10(21)22,6-11(23)24)18(7-12(25)26)8-13(27)28/h17H,2-8,16H2,1H3,(H,19,20)(H,21,22)(H,23,24)(H,25,26)(H,27,28). The smallest absolute Gasteiger partial charge is 0.317 e. The Kier molecular flexibility index (Phi) is 9.49. The second kappa shape index (κ2) is 10.5. The molecule has 0 fully saturated rings. The third-order valence-electron chi connectivity index (χ3n) is 4.34. The summed E-state index contributed by atoms with van der Waals surface area (Å²) in [5.41, 5.74) is 1.34. The summed E-state index contributed by atoms with van der Waals surface area (Å²) in [4.78, 5) is 57.8. The van der Waals surface area contributed by atoms with E-state index in [1.54, 1.807) is 0 Å². The normalized spacial score (nSPS) is 13.7. The number of hydrogen-bond donors (Lipinski definition) is 7. The first-order chi connectivity index (χ1) is 12.8. The third-order valence-corrected chi connectivity index (χ3v) is 4.34. The highest BCUT2D eigenvalue weighted by atomic mass is 16.4. The van der Waals surface area contributed by atoms with Gasteiger partial charge in [-0.05, 0) is 6.92 Å². The molecule has 1 atom stereocenters. The summed E-state index contributed by atoms with van der Waals surface area (Å²) in [7, 11) is 0. The molecule has 0 aliphatic rings. The zero-order chi connectivity index (χ0) is 22.1. The van der Waals surface area contributed by atoms with Gasteiger partial charge in [0.15, 0.2) is 0 Å². The van der Waals surface area contributed by atoms with E-state index in [-0.39, 0.29) is 13.1 Å². The van der Waals surface area contributed by atoms with Gasteiger partial charge < -0.3 is 36.6 Å². The number of carboxylic acid groups (broad SMARTS) is 5.